The number of thioether (sulfide) groups is 1. The molecule has 0 amide bonds. The monoisotopic (exact) mass is 343 g/mol. The highest BCUT2D eigenvalue weighted by Gasteiger charge is 2.58. The lowest BCUT2D eigenvalue weighted by Gasteiger charge is -2.59. The van der Waals surface area contributed by atoms with Crippen LogP contribution in [0.1, 0.15) is 40.0 Å². The molecule has 2 unspecified atom stereocenters. The summed E-state index contributed by atoms with van der Waals surface area (Å²) in [4.78, 5) is 4.41. The number of rotatable bonds is 5. The quantitative estimate of drug-likeness (QED) is 0.592. The summed E-state index contributed by atoms with van der Waals surface area (Å²) in [6, 6.07) is 0.374. The minimum Gasteiger partial charge on any atom is -0.381 e. The van der Waals surface area contributed by atoms with Gasteiger partial charge in [-0.2, -0.15) is 11.8 Å². The maximum atomic E-state index is 5.71. The largest absolute Gasteiger partial charge is 0.381 e. The fourth-order valence-electron chi connectivity index (χ4n) is 3.52. The summed E-state index contributed by atoms with van der Waals surface area (Å²) in [6.07, 6.45) is 5.38. The third-order valence-corrected chi connectivity index (χ3v) is 7.65. The molecule has 0 aromatic rings. The zero-order valence-corrected chi connectivity index (χ0v) is 16.3. The molecule has 0 aromatic heterocycles. The van der Waals surface area contributed by atoms with Gasteiger partial charge in [0.1, 0.15) is 0 Å². The third-order valence-electron chi connectivity index (χ3n) is 6.23. The van der Waals surface area contributed by atoms with E-state index in [2.05, 4.69) is 42.7 Å². The number of hydrogen-bond acceptors (Lipinski definition) is 4. The van der Waals surface area contributed by atoms with Crippen molar-refractivity contribution >= 4 is 17.7 Å². The van der Waals surface area contributed by atoms with Gasteiger partial charge in [0.15, 0.2) is 5.96 Å². The van der Waals surface area contributed by atoms with E-state index in [0.29, 0.717) is 6.04 Å². The molecular formula is C17H33N3O2S. The summed E-state index contributed by atoms with van der Waals surface area (Å²) >= 11 is 1.94. The highest BCUT2D eigenvalue weighted by atomic mass is 32.2. The molecule has 2 rings (SSSR count). The van der Waals surface area contributed by atoms with Crippen LogP contribution in [0.5, 0.6) is 0 Å². The minimum absolute atomic E-state index is 0.0648. The molecule has 0 spiro atoms. The molecule has 1 saturated carbocycles. The first kappa shape index (κ1) is 18.9. The van der Waals surface area contributed by atoms with Gasteiger partial charge in [-0.15, -0.1) is 0 Å². The average Bonchev–Trinajstić information content (AvgIpc) is 2.58. The van der Waals surface area contributed by atoms with E-state index >= 15 is 0 Å². The molecule has 1 aliphatic heterocycles. The predicted molar refractivity (Wildman–Crippen MR) is 98.4 cm³/mol. The number of nitrogens with one attached hydrogen (secondary N) is 2. The molecule has 6 heteroatoms. The van der Waals surface area contributed by atoms with Gasteiger partial charge in [-0.1, -0.05) is 13.8 Å². The summed E-state index contributed by atoms with van der Waals surface area (Å²) in [7, 11) is 3.64. The van der Waals surface area contributed by atoms with E-state index in [1.54, 1.807) is 7.11 Å². The first-order valence-electron chi connectivity index (χ1n) is 8.48. The van der Waals surface area contributed by atoms with Gasteiger partial charge in [-0.3, -0.25) is 4.99 Å². The van der Waals surface area contributed by atoms with Crippen molar-refractivity contribution in [2.75, 3.05) is 40.2 Å². The number of guanidine groups is 1. The van der Waals surface area contributed by atoms with Crippen molar-refractivity contribution < 1.29 is 9.47 Å². The van der Waals surface area contributed by atoms with Crippen molar-refractivity contribution in [3.8, 4) is 0 Å². The molecule has 2 N–H and O–H groups in total. The van der Waals surface area contributed by atoms with Gasteiger partial charge in [-0.25, -0.2) is 0 Å². The molecule has 1 heterocycles. The lowest BCUT2D eigenvalue weighted by Crippen LogP contribution is -2.69. The van der Waals surface area contributed by atoms with Crippen LogP contribution in [0.25, 0.3) is 0 Å². The van der Waals surface area contributed by atoms with E-state index in [1.807, 2.05) is 18.8 Å². The highest BCUT2D eigenvalue weighted by Crippen LogP contribution is 2.51. The molecule has 23 heavy (non-hydrogen) atoms. The third kappa shape index (κ3) is 3.64. The molecule has 1 saturated heterocycles. The average molecular weight is 344 g/mol. The molecule has 5 nitrogen and oxygen atoms in total. The maximum absolute atomic E-state index is 5.71. The molecule has 134 valence electrons. The van der Waals surface area contributed by atoms with Gasteiger partial charge in [0.25, 0.3) is 0 Å². The van der Waals surface area contributed by atoms with Gasteiger partial charge in [0.2, 0.25) is 0 Å². The molecule has 2 aliphatic rings. The number of ether oxygens (including phenoxy) is 2. The topological polar surface area (TPSA) is 54.9 Å². The fourth-order valence-corrected chi connectivity index (χ4v) is 4.32. The molecular weight excluding hydrogens is 310 g/mol. The van der Waals surface area contributed by atoms with Crippen LogP contribution in [0, 0.1) is 5.41 Å². The van der Waals surface area contributed by atoms with E-state index in [9.17, 15) is 0 Å². The van der Waals surface area contributed by atoms with E-state index < -0.39 is 0 Å². The van der Waals surface area contributed by atoms with Crippen LogP contribution in [0.3, 0.4) is 0 Å². The van der Waals surface area contributed by atoms with Gasteiger partial charge >= 0.3 is 0 Å². The Morgan fingerprint density at radius 3 is 2.43 bits per heavy atom. The second-order valence-electron chi connectivity index (χ2n) is 7.48. The van der Waals surface area contributed by atoms with Crippen LogP contribution in [-0.4, -0.2) is 62.5 Å². The number of methoxy groups -OCH3 is 1. The summed E-state index contributed by atoms with van der Waals surface area (Å²) < 4.78 is 11.5. The minimum atomic E-state index is -0.0648. The SMILES string of the molecule is CN=C(NCC1(SC)CCOCC1)NC1CC(C)(OC)C1(C)C. The van der Waals surface area contributed by atoms with Crippen LogP contribution in [-0.2, 0) is 9.47 Å². The Morgan fingerprint density at radius 1 is 1.30 bits per heavy atom. The smallest absolute Gasteiger partial charge is 0.191 e. The Hall–Kier alpha value is -0.460. The Kier molecular flexibility index (Phi) is 5.90. The Bertz CT molecular complexity index is 436. The molecule has 2 atom stereocenters. The molecule has 0 bridgehead atoms. The second-order valence-corrected chi connectivity index (χ2v) is 8.76. The van der Waals surface area contributed by atoms with Gasteiger partial charge in [-0.05, 0) is 32.4 Å². The van der Waals surface area contributed by atoms with Crippen molar-refractivity contribution in [3.63, 3.8) is 0 Å². The lowest BCUT2D eigenvalue weighted by molar-refractivity contribution is -0.176. The van der Waals surface area contributed by atoms with E-state index in [4.69, 9.17) is 9.47 Å². The van der Waals surface area contributed by atoms with Gasteiger partial charge in [0.05, 0.1) is 5.60 Å². The predicted octanol–water partition coefficient (Wildman–Crippen LogP) is 2.27. The normalized spacial score (nSPS) is 33.0. The Morgan fingerprint density at radius 2 is 1.96 bits per heavy atom. The van der Waals surface area contributed by atoms with Crippen molar-refractivity contribution in [2.24, 2.45) is 10.4 Å². The van der Waals surface area contributed by atoms with Gasteiger partial charge in [0, 0.05) is 50.1 Å². The molecule has 2 fully saturated rings. The van der Waals surface area contributed by atoms with E-state index in [0.717, 1.165) is 45.0 Å². The molecule has 1 aliphatic carbocycles. The van der Waals surface area contributed by atoms with E-state index in [-0.39, 0.29) is 15.8 Å². The number of aliphatic imine (C=N–C) groups is 1. The van der Waals surface area contributed by atoms with Crippen LogP contribution in [0.4, 0.5) is 0 Å². The first-order valence-corrected chi connectivity index (χ1v) is 9.70. The second kappa shape index (κ2) is 7.19. The molecule has 0 aromatic carbocycles. The van der Waals surface area contributed by atoms with Crippen LogP contribution in [0.2, 0.25) is 0 Å². The standard InChI is InChI=1S/C17H33N3O2S/c1-15(2)13(11-16(15,3)21-5)20-14(18-4)19-12-17(23-6)7-9-22-10-8-17/h13H,7-12H2,1-6H3,(H2,18,19,20). The van der Waals surface area contributed by atoms with Crippen LogP contribution >= 0.6 is 11.8 Å². The summed E-state index contributed by atoms with van der Waals surface area (Å²) in [5.74, 6) is 0.890. The summed E-state index contributed by atoms with van der Waals surface area (Å²) in [5, 5.41) is 7.12. The summed E-state index contributed by atoms with van der Waals surface area (Å²) in [5.41, 5.74) is 0.0139. The van der Waals surface area contributed by atoms with Crippen molar-refractivity contribution in [1.29, 1.82) is 0 Å². The number of hydrogen-bond donors (Lipinski definition) is 2. The highest BCUT2D eigenvalue weighted by molar-refractivity contribution is 8.00. The van der Waals surface area contributed by atoms with E-state index in [1.165, 1.54) is 0 Å². The van der Waals surface area contributed by atoms with Crippen molar-refractivity contribution in [1.82, 2.24) is 10.6 Å². The maximum Gasteiger partial charge on any atom is 0.191 e. The molecule has 0 radical (unpaired) electrons. The fraction of sp³-hybridized carbons (Fsp3) is 0.941. The Balaban J connectivity index is 1.90. The van der Waals surface area contributed by atoms with Crippen molar-refractivity contribution in [3.05, 3.63) is 0 Å². The number of nitrogens with zero attached hydrogens (tertiary/aromatic N) is 1. The van der Waals surface area contributed by atoms with Gasteiger partial charge < -0.3 is 20.1 Å². The zero-order valence-electron chi connectivity index (χ0n) is 15.5. The summed E-state index contributed by atoms with van der Waals surface area (Å²) in [6.45, 7) is 9.34. The zero-order chi connectivity index (χ0) is 17.1. The van der Waals surface area contributed by atoms with Crippen molar-refractivity contribution in [2.45, 2.75) is 56.4 Å². The Labute approximate surface area is 145 Å². The lowest BCUT2D eigenvalue weighted by atomic mass is 9.56. The van der Waals surface area contributed by atoms with Crippen LogP contribution in [0.15, 0.2) is 4.99 Å². The van der Waals surface area contributed by atoms with Crippen LogP contribution < -0.4 is 10.6 Å². The first-order chi connectivity index (χ1) is 10.8.